The number of hydrogen-bond donors (Lipinski definition) is 3. The summed E-state index contributed by atoms with van der Waals surface area (Å²) in [4.78, 5) is 69.6. The molecule has 0 saturated carbocycles. The number of hydrogen-bond acceptors (Lipinski definition) is 13. The molecule has 1 unspecified atom stereocenters. The van der Waals surface area contributed by atoms with Crippen molar-refractivity contribution in [2.45, 2.75) is 30.5 Å². The molecule has 0 spiro atoms. The molecule has 176 valence electrons. The number of carbonyl (C=O) groups excluding carboxylic acids is 4. The van der Waals surface area contributed by atoms with Crippen LogP contribution in [0.4, 0.5) is 5.13 Å². The number of rotatable bonds is 9. The number of nitrogens with zero attached hydrogens (tertiary/aromatic N) is 4. The summed E-state index contributed by atoms with van der Waals surface area (Å²) in [5.41, 5.74) is 4.78. The molecule has 14 nitrogen and oxygen atoms in total. The van der Waals surface area contributed by atoms with E-state index in [0.29, 0.717) is 0 Å². The predicted molar refractivity (Wildman–Crippen MR) is 114 cm³/mol. The maximum atomic E-state index is 12.9. The lowest BCUT2D eigenvalue weighted by molar-refractivity contribution is -0.147. The molecule has 3 rings (SSSR count). The number of Topliss-reactive ketones (excluding diaryl/α,β-unsaturated/α-hetero) is 1. The zero-order valence-corrected chi connectivity index (χ0v) is 18.9. The van der Waals surface area contributed by atoms with Gasteiger partial charge in [0.05, 0.1) is 11.8 Å². The third-order valence-corrected chi connectivity index (χ3v) is 6.27. The summed E-state index contributed by atoms with van der Waals surface area (Å²) in [5, 5.41) is 14.5. The minimum absolute atomic E-state index is 0.0513. The number of carbonyl (C=O) groups is 5. The lowest BCUT2D eigenvalue weighted by atomic mass is 10.1. The fourth-order valence-electron chi connectivity index (χ4n) is 2.99. The molecule has 4 N–H and O–H groups in total. The molecule has 2 aliphatic heterocycles. The number of esters is 1. The van der Waals surface area contributed by atoms with Gasteiger partial charge in [0.15, 0.2) is 5.13 Å². The monoisotopic (exact) mass is 498 g/mol. The fourth-order valence-corrected chi connectivity index (χ4v) is 4.85. The normalized spacial score (nSPS) is 20.0. The zero-order chi connectivity index (χ0) is 24.3. The molecule has 1 aromatic rings. The average Bonchev–Trinajstić information content (AvgIpc) is 3.15. The van der Waals surface area contributed by atoms with Crippen molar-refractivity contribution in [1.29, 1.82) is 0 Å². The van der Waals surface area contributed by atoms with E-state index in [0.717, 1.165) is 28.2 Å². The molecule has 0 bridgehead atoms. The van der Waals surface area contributed by atoms with Crippen LogP contribution in [0.15, 0.2) is 16.4 Å². The van der Waals surface area contributed by atoms with Crippen LogP contribution >= 0.6 is 23.3 Å². The minimum Gasteiger partial charge on any atom is -0.477 e. The quantitative estimate of drug-likeness (QED) is 0.124. The van der Waals surface area contributed by atoms with Crippen molar-refractivity contribution in [3.8, 4) is 0 Å². The number of ketones is 1. The fraction of sp³-hybridized carbons (Fsp3) is 0.412. The van der Waals surface area contributed by atoms with E-state index in [1.807, 2.05) is 0 Å². The number of aliphatic carboxylic acids is 1. The molecule has 2 amide bonds. The van der Waals surface area contributed by atoms with Gasteiger partial charge in [0, 0.05) is 17.1 Å². The smallest absolute Gasteiger partial charge is 0.352 e. The number of β-lactam (4-membered cyclic amide) rings is 1. The first kappa shape index (κ1) is 24.1. The van der Waals surface area contributed by atoms with E-state index in [1.54, 1.807) is 0 Å². The van der Waals surface area contributed by atoms with Gasteiger partial charge in [-0.15, -0.1) is 11.8 Å². The van der Waals surface area contributed by atoms with E-state index in [9.17, 15) is 29.1 Å². The molecule has 0 radical (unpaired) electrons. The molecule has 3 heterocycles. The van der Waals surface area contributed by atoms with E-state index in [2.05, 4.69) is 24.7 Å². The van der Waals surface area contributed by atoms with Crippen LogP contribution < -0.4 is 11.1 Å². The Labute approximate surface area is 194 Å². The Balaban J connectivity index is 1.91. The number of anilines is 1. The van der Waals surface area contributed by atoms with E-state index < -0.39 is 59.0 Å². The summed E-state index contributed by atoms with van der Waals surface area (Å²) in [7, 11) is 1.21. The Hall–Kier alpha value is -3.53. The minimum atomic E-state index is -1.44. The van der Waals surface area contributed by atoms with Gasteiger partial charge in [-0.25, -0.2) is 4.79 Å². The number of thioether (sulfide) groups is 1. The zero-order valence-electron chi connectivity index (χ0n) is 17.3. The molecule has 2 aliphatic rings. The largest absolute Gasteiger partial charge is 0.477 e. The van der Waals surface area contributed by atoms with Crippen molar-refractivity contribution >= 4 is 63.7 Å². The number of amides is 2. The Morgan fingerprint density at radius 2 is 2.09 bits per heavy atom. The first-order valence-electron chi connectivity index (χ1n) is 9.22. The van der Waals surface area contributed by atoms with Crippen molar-refractivity contribution in [1.82, 2.24) is 19.6 Å². The van der Waals surface area contributed by atoms with Crippen molar-refractivity contribution in [3.05, 3.63) is 17.1 Å². The van der Waals surface area contributed by atoms with E-state index in [4.69, 9.17) is 10.5 Å². The molecular weight excluding hydrogens is 480 g/mol. The molecule has 33 heavy (non-hydrogen) atoms. The van der Waals surface area contributed by atoms with Crippen molar-refractivity contribution < 1.29 is 38.7 Å². The van der Waals surface area contributed by atoms with Gasteiger partial charge < -0.3 is 25.7 Å². The molecule has 0 aromatic carbocycles. The highest BCUT2D eigenvalue weighted by molar-refractivity contribution is 8.00. The van der Waals surface area contributed by atoms with E-state index in [-0.39, 0.29) is 28.7 Å². The Bertz CT molecular complexity index is 1080. The van der Waals surface area contributed by atoms with Crippen LogP contribution in [0.5, 0.6) is 0 Å². The van der Waals surface area contributed by atoms with Crippen LogP contribution in [-0.2, 0) is 33.5 Å². The van der Waals surface area contributed by atoms with Crippen LogP contribution in [0.1, 0.15) is 25.6 Å². The maximum absolute atomic E-state index is 12.9. The van der Waals surface area contributed by atoms with Gasteiger partial charge in [-0.05, 0) is 6.92 Å². The first-order valence-corrected chi connectivity index (χ1v) is 10.9. The molecule has 16 heteroatoms. The second-order valence-electron chi connectivity index (χ2n) is 6.71. The highest BCUT2D eigenvalue weighted by atomic mass is 32.2. The van der Waals surface area contributed by atoms with Gasteiger partial charge in [0.25, 0.3) is 5.91 Å². The van der Waals surface area contributed by atoms with Crippen LogP contribution in [0.2, 0.25) is 0 Å². The number of fused-ring (bicyclic) bond motifs is 1. The van der Waals surface area contributed by atoms with E-state index >= 15 is 0 Å². The Kier molecular flexibility index (Phi) is 7.27. The molecule has 1 fully saturated rings. The average molecular weight is 498 g/mol. The molecule has 2 atom stereocenters. The summed E-state index contributed by atoms with van der Waals surface area (Å²) in [6.45, 7) is 0.628. The number of carboxylic acids is 1. The topological polar surface area (TPSA) is 203 Å². The second-order valence-corrected chi connectivity index (χ2v) is 8.78. The number of oxime groups is 1. The van der Waals surface area contributed by atoms with Gasteiger partial charge in [0.2, 0.25) is 17.4 Å². The highest BCUT2D eigenvalue weighted by Gasteiger charge is 2.49. The van der Waals surface area contributed by atoms with E-state index in [1.165, 1.54) is 14.0 Å². The Morgan fingerprint density at radius 1 is 1.36 bits per heavy atom. The first-order chi connectivity index (χ1) is 15.6. The predicted octanol–water partition coefficient (Wildman–Crippen LogP) is -0.921. The van der Waals surface area contributed by atoms with Crippen molar-refractivity contribution in [2.24, 2.45) is 5.16 Å². The number of nitrogens with one attached hydrogen (secondary N) is 1. The second kappa shape index (κ2) is 9.95. The standard InChI is InChI=1S/C17H18N6O8S2/c1-6(24)3-10(26)31-5-7-12(16(28)29)23-8(25)4-9(23)32-15(7)20-14(27)11(21-30-2)13-19-17(18)33-22-13/h9,15H,3-5H2,1-2H3,(H,20,27)(H,28,29)(H2,18,19,22)/b21-11-/t9-,15?/m1/s1. The van der Waals surface area contributed by atoms with Gasteiger partial charge in [-0.3, -0.25) is 24.1 Å². The highest BCUT2D eigenvalue weighted by Crippen LogP contribution is 2.43. The van der Waals surface area contributed by atoms with Gasteiger partial charge in [-0.1, -0.05) is 5.16 Å². The molecule has 1 saturated heterocycles. The lowest BCUT2D eigenvalue weighted by Gasteiger charge is -2.46. The van der Waals surface area contributed by atoms with Gasteiger partial charge in [0.1, 0.15) is 37.0 Å². The molecular formula is C17H18N6O8S2. The third kappa shape index (κ3) is 5.28. The van der Waals surface area contributed by atoms with Crippen LogP contribution in [0.3, 0.4) is 0 Å². The maximum Gasteiger partial charge on any atom is 0.352 e. The van der Waals surface area contributed by atoms with Crippen molar-refractivity contribution in [2.75, 3.05) is 19.5 Å². The summed E-state index contributed by atoms with van der Waals surface area (Å²) < 4.78 is 8.96. The molecule has 1 aromatic heterocycles. The number of ether oxygens (including phenoxy) is 1. The lowest BCUT2D eigenvalue weighted by Crippen LogP contribution is -2.58. The number of nitrogens with two attached hydrogens (primary N) is 1. The number of aromatic nitrogens is 2. The van der Waals surface area contributed by atoms with Crippen LogP contribution in [0.25, 0.3) is 0 Å². The SMILES string of the molecule is CO/N=C(\C(=O)NC1S[C@@H]2CC(=O)N2C(C(=O)O)=C1COC(=O)CC(C)=O)c1nsc(N)n1. The third-order valence-electron chi connectivity index (χ3n) is 4.36. The van der Waals surface area contributed by atoms with Crippen molar-refractivity contribution in [3.63, 3.8) is 0 Å². The van der Waals surface area contributed by atoms with Gasteiger partial charge >= 0.3 is 11.9 Å². The number of carboxylic acid groups (broad SMARTS) is 1. The van der Waals surface area contributed by atoms with Crippen LogP contribution in [0, 0.1) is 0 Å². The Morgan fingerprint density at radius 3 is 2.64 bits per heavy atom. The summed E-state index contributed by atoms with van der Waals surface area (Å²) in [6, 6.07) is 0. The summed E-state index contributed by atoms with van der Waals surface area (Å²) >= 11 is 1.91. The summed E-state index contributed by atoms with van der Waals surface area (Å²) in [5.74, 6) is -4.10. The molecule has 0 aliphatic carbocycles. The van der Waals surface area contributed by atoms with Crippen LogP contribution in [-0.4, -0.2) is 79.1 Å². The summed E-state index contributed by atoms with van der Waals surface area (Å²) in [6.07, 6.45) is -0.443. The van der Waals surface area contributed by atoms with Gasteiger partial charge in [-0.2, -0.15) is 9.36 Å². The number of nitrogen functional groups attached to an aromatic ring is 1.